The zero-order valence-electron chi connectivity index (χ0n) is 16.3. The van der Waals surface area contributed by atoms with E-state index in [4.69, 9.17) is 20.4 Å². The van der Waals surface area contributed by atoms with Crippen LogP contribution in [0.25, 0.3) is 0 Å². The first-order chi connectivity index (χ1) is 14.9. The van der Waals surface area contributed by atoms with Crippen molar-refractivity contribution >= 4 is 123 Å². The number of hydrogen-bond acceptors (Lipinski definition) is 13. The van der Waals surface area contributed by atoms with E-state index in [-0.39, 0.29) is 75.5 Å². The van der Waals surface area contributed by atoms with Gasteiger partial charge in [0, 0.05) is 0 Å². The Morgan fingerprint density at radius 1 is 0.600 bits per heavy atom. The molecule has 0 bridgehead atoms. The van der Waals surface area contributed by atoms with Crippen molar-refractivity contribution in [3.05, 3.63) is 0 Å². The predicted molar refractivity (Wildman–Crippen MR) is 109 cm³/mol. The summed E-state index contributed by atoms with van der Waals surface area (Å²) >= 11 is 0. The van der Waals surface area contributed by atoms with Gasteiger partial charge < -0.3 is 45.2 Å². The van der Waals surface area contributed by atoms with Gasteiger partial charge in [-0.05, 0) is 0 Å². The average Bonchev–Trinajstić information content (AvgIpc) is 2.58. The predicted octanol–water partition coefficient (Wildman–Crippen LogP) is -5.59. The van der Waals surface area contributed by atoms with Crippen LogP contribution in [0.2, 0.25) is 0 Å². The van der Waals surface area contributed by atoms with E-state index < -0.39 is 97.2 Å². The second-order valence-corrected chi connectivity index (χ2v) is 6.53. The van der Waals surface area contributed by atoms with Crippen LogP contribution in [0.5, 0.6) is 0 Å². The second kappa shape index (κ2) is 16.3. The van der Waals surface area contributed by atoms with E-state index in [9.17, 15) is 53.7 Å². The number of ether oxygens (including phenoxy) is 2. The van der Waals surface area contributed by atoms with E-state index in [1.807, 2.05) is 0 Å². The molecule has 0 aliphatic heterocycles. The molecule has 0 fully saturated rings. The van der Waals surface area contributed by atoms with Gasteiger partial charge in [0.05, 0.1) is 32.1 Å². The number of aliphatic carboxylic acids is 4. The van der Waals surface area contributed by atoms with E-state index in [0.717, 1.165) is 0 Å². The standard InChI is InChI=1S/C16H18O17.2Ca.4H/c17-6(12(25)33-11(24)5-16(31,14(28)29)3-8(20)21)1-9(22)32-10(23)4-15(30,13(26)27)2-7(18)19;;;;;;/h6,17,30-31H,1-5H2,(H,18,19)(H,20,21)(H,26,27)(H,28,29);;;;;;. The van der Waals surface area contributed by atoms with E-state index in [0.29, 0.717) is 0 Å². The maximum absolute atomic E-state index is 11.6. The van der Waals surface area contributed by atoms with Crippen LogP contribution in [0, 0.1) is 0 Å². The molecule has 0 saturated heterocycles. The van der Waals surface area contributed by atoms with Crippen molar-refractivity contribution in [3.63, 3.8) is 0 Å². The molecule has 0 aliphatic carbocycles. The van der Waals surface area contributed by atoms with Crippen molar-refractivity contribution < 1.29 is 83.6 Å². The maximum atomic E-state index is 11.6. The monoisotopic (exact) mass is 566 g/mol. The summed E-state index contributed by atoms with van der Waals surface area (Å²) in [5.74, 6) is -15.0. The Balaban J connectivity index is -0.00000512. The number of carbonyl (C=O) groups excluding carboxylic acids is 4. The Morgan fingerprint density at radius 3 is 1.26 bits per heavy atom. The van der Waals surface area contributed by atoms with Crippen LogP contribution in [0.4, 0.5) is 0 Å². The topological polar surface area (TPSA) is 297 Å². The molecule has 0 aromatic rings. The summed E-state index contributed by atoms with van der Waals surface area (Å²) in [4.78, 5) is 89.2. The van der Waals surface area contributed by atoms with Gasteiger partial charge in [0.1, 0.15) is 0 Å². The van der Waals surface area contributed by atoms with Crippen LogP contribution in [-0.4, -0.2) is 176 Å². The molecule has 3 unspecified atom stereocenters. The fraction of sp³-hybridized carbons (Fsp3) is 0.500. The Hall–Kier alpha value is -1.44. The van der Waals surface area contributed by atoms with Gasteiger partial charge in [-0.2, -0.15) is 0 Å². The Bertz CT molecular complexity index is 870. The van der Waals surface area contributed by atoms with Crippen molar-refractivity contribution in [2.75, 3.05) is 0 Å². The molecule has 0 heterocycles. The summed E-state index contributed by atoms with van der Waals surface area (Å²) in [5, 5.41) is 63.5. The molecule has 0 aromatic heterocycles. The van der Waals surface area contributed by atoms with Crippen LogP contribution < -0.4 is 0 Å². The minimum absolute atomic E-state index is 0. The first-order valence-electron chi connectivity index (χ1n) is 8.43. The third-order valence-corrected chi connectivity index (χ3v) is 3.63. The van der Waals surface area contributed by atoms with E-state index >= 15 is 0 Å². The summed E-state index contributed by atoms with van der Waals surface area (Å²) in [5.41, 5.74) is -6.29. The molecule has 17 nitrogen and oxygen atoms in total. The summed E-state index contributed by atoms with van der Waals surface area (Å²) in [6, 6.07) is 0. The Morgan fingerprint density at radius 2 is 0.943 bits per heavy atom. The molecule has 0 radical (unpaired) electrons. The molecular formula is C16H22Ca2O17. The molecule has 35 heavy (non-hydrogen) atoms. The van der Waals surface area contributed by atoms with Gasteiger partial charge in [0.25, 0.3) is 0 Å². The normalized spacial score (nSPS) is 14.3. The second-order valence-electron chi connectivity index (χ2n) is 6.53. The van der Waals surface area contributed by atoms with E-state index in [1.165, 1.54) is 0 Å². The summed E-state index contributed by atoms with van der Waals surface area (Å²) in [6.45, 7) is 0. The molecule has 7 N–H and O–H groups in total. The van der Waals surface area contributed by atoms with Crippen molar-refractivity contribution in [2.45, 2.75) is 49.4 Å². The third-order valence-electron chi connectivity index (χ3n) is 3.63. The Labute approximate surface area is 254 Å². The van der Waals surface area contributed by atoms with E-state index in [1.54, 1.807) is 0 Å². The first-order valence-corrected chi connectivity index (χ1v) is 8.43. The quantitative estimate of drug-likeness (QED) is 0.0620. The number of carbonyl (C=O) groups is 8. The first kappa shape index (κ1) is 38.1. The number of rotatable bonds is 13. The molecular weight excluding hydrogens is 544 g/mol. The molecule has 0 amide bonds. The van der Waals surface area contributed by atoms with Crippen molar-refractivity contribution in [3.8, 4) is 0 Å². The third kappa shape index (κ3) is 14.0. The van der Waals surface area contributed by atoms with Crippen molar-refractivity contribution in [1.29, 1.82) is 0 Å². The average molecular weight is 566 g/mol. The Kier molecular flexibility index (Phi) is 17.8. The van der Waals surface area contributed by atoms with Crippen LogP contribution in [0.3, 0.4) is 0 Å². The fourth-order valence-electron chi connectivity index (χ4n) is 2.07. The number of hydrogen-bond donors (Lipinski definition) is 7. The number of carboxylic acids is 4. The molecule has 0 rings (SSSR count). The SMILES string of the molecule is O=C(O)CC(O)(CC(=O)OC(=O)CC(O)C(=O)OC(=O)CC(O)(CC(=O)O)C(=O)O)C(=O)O.[CaH2].[CaH2]. The van der Waals surface area contributed by atoms with Gasteiger partial charge in [-0.15, -0.1) is 0 Å². The molecule has 19 heteroatoms. The van der Waals surface area contributed by atoms with Crippen LogP contribution in [0.15, 0.2) is 0 Å². The molecule has 3 atom stereocenters. The van der Waals surface area contributed by atoms with Crippen LogP contribution in [0.1, 0.15) is 32.1 Å². The molecule has 0 aliphatic rings. The summed E-state index contributed by atoms with van der Waals surface area (Å²) < 4.78 is 8.01. The van der Waals surface area contributed by atoms with Gasteiger partial charge in [-0.1, -0.05) is 0 Å². The molecule has 0 saturated carbocycles. The van der Waals surface area contributed by atoms with E-state index in [2.05, 4.69) is 9.47 Å². The van der Waals surface area contributed by atoms with Crippen LogP contribution >= 0.6 is 0 Å². The number of esters is 4. The fourth-order valence-corrected chi connectivity index (χ4v) is 2.07. The zero-order valence-corrected chi connectivity index (χ0v) is 16.3. The van der Waals surface area contributed by atoms with Gasteiger partial charge in [0.2, 0.25) is 0 Å². The van der Waals surface area contributed by atoms with Gasteiger partial charge >= 0.3 is 123 Å². The van der Waals surface area contributed by atoms with Gasteiger partial charge in [-0.25, -0.2) is 14.4 Å². The zero-order chi connectivity index (χ0) is 26.1. The van der Waals surface area contributed by atoms with Crippen molar-refractivity contribution in [2.24, 2.45) is 0 Å². The molecule has 0 spiro atoms. The van der Waals surface area contributed by atoms with Crippen molar-refractivity contribution in [1.82, 2.24) is 0 Å². The number of carboxylic acid groups (broad SMARTS) is 4. The number of aliphatic hydroxyl groups is 3. The number of aliphatic hydroxyl groups excluding tert-OH is 1. The summed E-state index contributed by atoms with van der Waals surface area (Å²) in [6.07, 6.45) is -9.80. The molecule has 192 valence electrons. The summed E-state index contributed by atoms with van der Waals surface area (Å²) in [7, 11) is 0. The minimum atomic E-state index is -3.16. The van der Waals surface area contributed by atoms with Gasteiger partial charge in [0.15, 0.2) is 17.3 Å². The molecule has 0 aromatic carbocycles. The van der Waals surface area contributed by atoms with Crippen LogP contribution in [-0.2, 0) is 47.8 Å². The van der Waals surface area contributed by atoms with Gasteiger partial charge in [-0.3, -0.25) is 24.0 Å².